The lowest BCUT2D eigenvalue weighted by Crippen LogP contribution is -2.37. The second-order valence-corrected chi connectivity index (χ2v) is 11.4. The maximum absolute atomic E-state index is 12.8. The molecule has 29 heavy (non-hydrogen) atoms. The molecule has 6 aliphatic rings. The van der Waals surface area contributed by atoms with E-state index in [-0.39, 0.29) is 37.0 Å². The summed E-state index contributed by atoms with van der Waals surface area (Å²) in [5.74, 6) is 2.11. The van der Waals surface area contributed by atoms with Crippen LogP contribution in [0.2, 0.25) is 0 Å². The maximum atomic E-state index is 12.8. The summed E-state index contributed by atoms with van der Waals surface area (Å²) in [5.41, 5.74) is -0.399. The highest BCUT2D eigenvalue weighted by Gasteiger charge is 2.69. The van der Waals surface area contributed by atoms with Crippen molar-refractivity contribution in [1.82, 2.24) is 0 Å². The summed E-state index contributed by atoms with van der Waals surface area (Å²) in [5, 5.41) is 0. The second kappa shape index (κ2) is 5.97. The zero-order chi connectivity index (χ0) is 20.2. The number of fused-ring (bicyclic) bond motifs is 10. The number of epoxide rings is 2. The first-order valence-electron chi connectivity index (χ1n) is 11.4. The van der Waals surface area contributed by atoms with E-state index in [0.29, 0.717) is 59.9 Å². The van der Waals surface area contributed by atoms with E-state index in [0.717, 1.165) is 12.8 Å². The molecule has 4 saturated carbocycles. The number of hydrogen-bond acceptors (Lipinski definition) is 6. The zero-order valence-corrected chi connectivity index (χ0v) is 17.7. The molecule has 0 radical (unpaired) electrons. The Bertz CT molecular complexity index is 688. The molecule has 2 heterocycles. The smallest absolute Gasteiger partial charge is 0.309 e. The standard InChI is InChI=1S/C23H32O6/c1-9-11-5-13(19-17(11)28-19)15(9)21(24)26-7-23(3,4)8-27-22(25)16-10(2)12-6-14(16)20-18(12)29-20/h9-20H,5-8H2,1-4H3. The van der Waals surface area contributed by atoms with Crippen molar-refractivity contribution in [2.45, 2.75) is 65.0 Å². The van der Waals surface area contributed by atoms with Gasteiger partial charge in [-0.1, -0.05) is 27.7 Å². The minimum Gasteiger partial charge on any atom is -0.465 e. The number of carbonyl (C=O) groups is 2. The molecule has 4 bridgehead atoms. The van der Waals surface area contributed by atoms with E-state index in [9.17, 15) is 9.59 Å². The molecular formula is C23H32O6. The Balaban J connectivity index is 1.01. The third kappa shape index (κ3) is 2.67. The highest BCUT2D eigenvalue weighted by atomic mass is 16.6. The normalized spacial score (nSPS) is 52.8. The van der Waals surface area contributed by atoms with E-state index in [4.69, 9.17) is 18.9 Å². The van der Waals surface area contributed by atoms with Crippen LogP contribution in [-0.2, 0) is 28.5 Å². The van der Waals surface area contributed by atoms with Crippen LogP contribution in [0.5, 0.6) is 0 Å². The first kappa shape index (κ1) is 18.6. The van der Waals surface area contributed by atoms with Crippen molar-refractivity contribution in [3.8, 4) is 0 Å². The lowest BCUT2D eigenvalue weighted by atomic mass is 9.80. The number of rotatable bonds is 6. The van der Waals surface area contributed by atoms with E-state index >= 15 is 0 Å². The van der Waals surface area contributed by atoms with Gasteiger partial charge in [-0.2, -0.15) is 0 Å². The third-order valence-electron chi connectivity index (χ3n) is 9.06. The van der Waals surface area contributed by atoms with Crippen LogP contribution < -0.4 is 0 Å². The van der Waals surface area contributed by atoms with Gasteiger partial charge in [0.1, 0.15) is 0 Å². The molecule has 0 aromatic rings. The molecule has 0 aromatic carbocycles. The Morgan fingerprint density at radius 2 is 1.14 bits per heavy atom. The Morgan fingerprint density at radius 1 is 0.759 bits per heavy atom. The quantitative estimate of drug-likeness (QED) is 0.500. The molecule has 6 nitrogen and oxygen atoms in total. The van der Waals surface area contributed by atoms with Gasteiger partial charge in [-0.3, -0.25) is 9.59 Å². The molecule has 160 valence electrons. The van der Waals surface area contributed by atoms with Gasteiger partial charge in [-0.25, -0.2) is 0 Å². The molecule has 0 N–H and O–H groups in total. The van der Waals surface area contributed by atoms with Crippen molar-refractivity contribution >= 4 is 11.9 Å². The van der Waals surface area contributed by atoms with Crippen molar-refractivity contribution in [2.75, 3.05) is 13.2 Å². The number of esters is 2. The molecule has 6 fully saturated rings. The molecule has 2 saturated heterocycles. The monoisotopic (exact) mass is 404 g/mol. The van der Waals surface area contributed by atoms with Gasteiger partial charge in [0.05, 0.1) is 49.5 Å². The Labute approximate surface area is 172 Å². The Morgan fingerprint density at radius 3 is 1.52 bits per heavy atom. The molecule has 6 heteroatoms. The third-order valence-corrected chi connectivity index (χ3v) is 9.06. The van der Waals surface area contributed by atoms with Crippen LogP contribution in [0, 0.1) is 52.8 Å². The fraction of sp³-hybridized carbons (Fsp3) is 0.913. The zero-order valence-electron chi connectivity index (χ0n) is 17.7. The van der Waals surface area contributed by atoms with Gasteiger partial charge < -0.3 is 18.9 Å². The van der Waals surface area contributed by atoms with E-state index in [1.165, 1.54) is 0 Å². The van der Waals surface area contributed by atoms with E-state index in [1.54, 1.807) is 0 Å². The van der Waals surface area contributed by atoms with Gasteiger partial charge in [0.15, 0.2) is 0 Å². The van der Waals surface area contributed by atoms with Gasteiger partial charge in [-0.05, 0) is 36.5 Å². The number of hydrogen-bond donors (Lipinski definition) is 0. The van der Waals surface area contributed by atoms with E-state index in [2.05, 4.69) is 13.8 Å². The molecule has 0 amide bonds. The SMILES string of the molecule is CC1C2CC(C3OC23)C1C(=O)OCC(C)(C)COC(=O)C1C(C)C2CC1C1OC21. The molecule has 12 atom stereocenters. The predicted octanol–water partition coefficient (Wildman–Crippen LogP) is 2.44. The summed E-state index contributed by atoms with van der Waals surface area (Å²) in [6, 6.07) is 0. The topological polar surface area (TPSA) is 77.7 Å². The van der Waals surface area contributed by atoms with Gasteiger partial charge in [-0.15, -0.1) is 0 Å². The second-order valence-electron chi connectivity index (χ2n) is 11.4. The predicted molar refractivity (Wildman–Crippen MR) is 102 cm³/mol. The minimum atomic E-state index is -0.399. The summed E-state index contributed by atoms with van der Waals surface area (Å²) in [6.07, 6.45) is 3.59. The molecule has 12 unspecified atom stereocenters. The van der Waals surface area contributed by atoms with Gasteiger partial charge in [0, 0.05) is 17.3 Å². The Kier molecular flexibility index (Phi) is 3.83. The van der Waals surface area contributed by atoms with Crippen molar-refractivity contribution < 1.29 is 28.5 Å². The molecule has 4 aliphatic carbocycles. The first-order chi connectivity index (χ1) is 13.8. The van der Waals surface area contributed by atoms with Gasteiger partial charge in [0.2, 0.25) is 0 Å². The highest BCUT2D eigenvalue weighted by Crippen LogP contribution is 2.62. The first-order valence-corrected chi connectivity index (χ1v) is 11.4. The number of carbonyl (C=O) groups excluding carboxylic acids is 2. The summed E-state index contributed by atoms with van der Waals surface area (Å²) in [6.45, 7) is 8.84. The van der Waals surface area contributed by atoms with Crippen molar-refractivity contribution in [2.24, 2.45) is 52.8 Å². The van der Waals surface area contributed by atoms with E-state index in [1.807, 2.05) is 13.8 Å². The van der Waals surface area contributed by atoms with Crippen LogP contribution in [0.15, 0.2) is 0 Å². The van der Waals surface area contributed by atoms with Crippen LogP contribution in [-0.4, -0.2) is 49.6 Å². The lowest BCUT2D eigenvalue weighted by Gasteiger charge is -2.29. The fourth-order valence-corrected chi connectivity index (χ4v) is 7.40. The average molecular weight is 405 g/mol. The minimum absolute atomic E-state index is 0.0384. The lowest BCUT2D eigenvalue weighted by molar-refractivity contribution is -0.161. The van der Waals surface area contributed by atoms with E-state index < -0.39 is 5.41 Å². The van der Waals surface area contributed by atoms with Gasteiger partial charge in [0.25, 0.3) is 0 Å². The van der Waals surface area contributed by atoms with Crippen LogP contribution in [0.25, 0.3) is 0 Å². The summed E-state index contributed by atoms with van der Waals surface area (Å²) in [4.78, 5) is 25.5. The van der Waals surface area contributed by atoms with Crippen LogP contribution >= 0.6 is 0 Å². The fourth-order valence-electron chi connectivity index (χ4n) is 7.40. The summed E-state index contributed by atoms with van der Waals surface area (Å²) < 4.78 is 22.9. The van der Waals surface area contributed by atoms with Crippen molar-refractivity contribution in [1.29, 1.82) is 0 Å². The van der Waals surface area contributed by atoms with Crippen LogP contribution in [0.1, 0.15) is 40.5 Å². The van der Waals surface area contributed by atoms with Crippen molar-refractivity contribution in [3.63, 3.8) is 0 Å². The highest BCUT2D eigenvalue weighted by molar-refractivity contribution is 5.75. The maximum Gasteiger partial charge on any atom is 0.309 e. The van der Waals surface area contributed by atoms with Gasteiger partial charge >= 0.3 is 11.9 Å². The van der Waals surface area contributed by atoms with Crippen LogP contribution in [0.4, 0.5) is 0 Å². The summed E-state index contributed by atoms with van der Waals surface area (Å²) in [7, 11) is 0. The molecule has 0 aromatic heterocycles. The number of ether oxygens (including phenoxy) is 4. The van der Waals surface area contributed by atoms with Crippen molar-refractivity contribution in [3.05, 3.63) is 0 Å². The largest absolute Gasteiger partial charge is 0.465 e. The molecule has 2 aliphatic heterocycles. The Hall–Kier alpha value is -1.14. The molecule has 6 rings (SSSR count). The average Bonchev–Trinajstić information content (AvgIpc) is 3.53. The van der Waals surface area contributed by atoms with Crippen LogP contribution in [0.3, 0.4) is 0 Å². The summed E-state index contributed by atoms with van der Waals surface area (Å²) >= 11 is 0. The molecule has 0 spiro atoms. The molecular weight excluding hydrogens is 372 g/mol.